The highest BCUT2D eigenvalue weighted by atomic mass is 16.5. The molecule has 1 aliphatic rings. The average molecular weight is 378 g/mol. The maximum absolute atomic E-state index is 12.2. The van der Waals surface area contributed by atoms with Crippen LogP contribution in [0.3, 0.4) is 0 Å². The Labute approximate surface area is 163 Å². The Balaban J connectivity index is 1.42. The van der Waals surface area contributed by atoms with E-state index in [0.29, 0.717) is 24.4 Å². The number of aromatic nitrogens is 3. The molecule has 1 N–H and O–H groups in total. The summed E-state index contributed by atoms with van der Waals surface area (Å²) in [7, 11) is 0. The number of rotatable bonds is 5. The molecule has 0 fully saturated rings. The monoisotopic (exact) mass is 378 g/mol. The predicted octanol–water partition coefficient (Wildman–Crippen LogP) is 3.04. The maximum Gasteiger partial charge on any atom is 0.273 e. The molecule has 0 bridgehead atoms. The second-order valence-corrected chi connectivity index (χ2v) is 6.95. The minimum absolute atomic E-state index is 0.114. The van der Waals surface area contributed by atoms with E-state index < -0.39 is 0 Å². The summed E-state index contributed by atoms with van der Waals surface area (Å²) in [4.78, 5) is 21.2. The van der Waals surface area contributed by atoms with Crippen LogP contribution in [0.5, 0.6) is 5.75 Å². The van der Waals surface area contributed by atoms with Crippen LogP contribution < -0.4 is 10.1 Å². The van der Waals surface area contributed by atoms with Crippen molar-refractivity contribution in [2.24, 2.45) is 0 Å². The van der Waals surface area contributed by atoms with E-state index in [4.69, 9.17) is 9.26 Å². The quantitative estimate of drug-likeness (QED) is 0.734. The third-order valence-electron chi connectivity index (χ3n) is 4.78. The summed E-state index contributed by atoms with van der Waals surface area (Å²) in [6.07, 6.45) is 3.08. The Morgan fingerprint density at radius 1 is 1.29 bits per heavy atom. The Kier molecular flexibility index (Phi) is 4.81. The van der Waals surface area contributed by atoms with E-state index in [0.717, 1.165) is 40.4 Å². The normalized spacial score (nSPS) is 15.2. The highest BCUT2D eigenvalue weighted by molar-refractivity contribution is 5.92. The topological polar surface area (TPSA) is 90.1 Å². The van der Waals surface area contributed by atoms with E-state index in [1.165, 1.54) is 0 Å². The van der Waals surface area contributed by atoms with Gasteiger partial charge in [0, 0.05) is 30.7 Å². The maximum atomic E-state index is 12.2. The minimum atomic E-state index is -0.255. The van der Waals surface area contributed by atoms with Gasteiger partial charge < -0.3 is 14.6 Å². The summed E-state index contributed by atoms with van der Waals surface area (Å²) >= 11 is 0. The van der Waals surface area contributed by atoms with Crippen molar-refractivity contribution < 1.29 is 14.1 Å². The standard InChI is InChI=1S/C21H22N4O3/c1-4-16-9-18(25-28-16)21(26)23-11-17-8-15-7-14(5-6-19(15)27-17)20-13(3)22-10-12(2)24-20/h5-7,9-10,17H,4,8,11H2,1-3H3,(H,23,26). The number of ether oxygens (including phenoxy) is 1. The summed E-state index contributed by atoms with van der Waals surface area (Å²) in [5.41, 5.74) is 5.09. The second-order valence-electron chi connectivity index (χ2n) is 6.95. The van der Waals surface area contributed by atoms with Crippen molar-refractivity contribution >= 4 is 5.91 Å². The third kappa shape index (κ3) is 3.60. The van der Waals surface area contributed by atoms with Gasteiger partial charge in [-0.2, -0.15) is 0 Å². The molecular weight excluding hydrogens is 356 g/mol. The number of benzene rings is 1. The van der Waals surface area contributed by atoms with Crippen LogP contribution >= 0.6 is 0 Å². The van der Waals surface area contributed by atoms with Crippen molar-refractivity contribution in [3.8, 4) is 17.0 Å². The van der Waals surface area contributed by atoms with E-state index in [2.05, 4.69) is 26.5 Å². The van der Waals surface area contributed by atoms with Crippen molar-refractivity contribution in [2.75, 3.05) is 6.54 Å². The van der Waals surface area contributed by atoms with Gasteiger partial charge in [0.25, 0.3) is 5.91 Å². The van der Waals surface area contributed by atoms with Crippen LogP contribution in [0.4, 0.5) is 0 Å². The fourth-order valence-corrected chi connectivity index (χ4v) is 3.28. The number of hydrogen-bond acceptors (Lipinski definition) is 6. The lowest BCUT2D eigenvalue weighted by atomic mass is 10.0. The van der Waals surface area contributed by atoms with Gasteiger partial charge in [-0.3, -0.25) is 9.78 Å². The van der Waals surface area contributed by atoms with Gasteiger partial charge in [-0.05, 0) is 37.6 Å². The lowest BCUT2D eigenvalue weighted by molar-refractivity contribution is 0.0924. The third-order valence-corrected chi connectivity index (χ3v) is 4.78. The van der Waals surface area contributed by atoms with Gasteiger partial charge in [0.1, 0.15) is 17.6 Å². The van der Waals surface area contributed by atoms with Gasteiger partial charge in [0.15, 0.2) is 5.69 Å². The molecule has 0 aliphatic carbocycles. The van der Waals surface area contributed by atoms with E-state index in [-0.39, 0.29) is 12.0 Å². The van der Waals surface area contributed by atoms with E-state index >= 15 is 0 Å². The minimum Gasteiger partial charge on any atom is -0.488 e. The number of carbonyl (C=O) groups excluding carboxylic acids is 1. The first-order valence-electron chi connectivity index (χ1n) is 9.37. The van der Waals surface area contributed by atoms with Gasteiger partial charge in [-0.25, -0.2) is 4.98 Å². The number of amides is 1. The summed E-state index contributed by atoms with van der Waals surface area (Å²) in [6, 6.07) is 7.72. The fourth-order valence-electron chi connectivity index (χ4n) is 3.28. The van der Waals surface area contributed by atoms with Crippen molar-refractivity contribution in [1.82, 2.24) is 20.4 Å². The second kappa shape index (κ2) is 7.42. The van der Waals surface area contributed by atoms with Crippen LogP contribution in [-0.2, 0) is 12.8 Å². The zero-order chi connectivity index (χ0) is 19.7. The molecule has 28 heavy (non-hydrogen) atoms. The fraction of sp³-hybridized carbons (Fsp3) is 0.333. The molecule has 144 valence electrons. The van der Waals surface area contributed by atoms with Crippen molar-refractivity contribution in [2.45, 2.75) is 39.7 Å². The highest BCUT2D eigenvalue weighted by Crippen LogP contribution is 2.33. The van der Waals surface area contributed by atoms with Gasteiger partial charge in [0.2, 0.25) is 0 Å². The number of nitrogens with zero attached hydrogens (tertiary/aromatic N) is 3. The number of fused-ring (bicyclic) bond motifs is 1. The molecular formula is C21H22N4O3. The number of carbonyl (C=O) groups is 1. The molecule has 1 aromatic carbocycles. The van der Waals surface area contributed by atoms with Gasteiger partial charge >= 0.3 is 0 Å². The molecule has 0 saturated heterocycles. The first-order valence-corrected chi connectivity index (χ1v) is 9.37. The number of nitrogens with one attached hydrogen (secondary N) is 1. The Bertz CT molecular complexity index is 1030. The van der Waals surface area contributed by atoms with Crippen LogP contribution in [-0.4, -0.2) is 33.7 Å². The summed E-state index contributed by atoms with van der Waals surface area (Å²) in [5.74, 6) is 1.28. The Morgan fingerprint density at radius 3 is 2.93 bits per heavy atom. The molecule has 1 aliphatic heterocycles. The molecule has 1 atom stereocenters. The lowest BCUT2D eigenvalue weighted by Gasteiger charge is -2.10. The molecule has 7 heteroatoms. The van der Waals surface area contributed by atoms with Crippen LogP contribution in [0.15, 0.2) is 35.0 Å². The van der Waals surface area contributed by atoms with Crippen LogP contribution in [0.1, 0.15) is 40.1 Å². The SMILES string of the molecule is CCc1cc(C(=O)NCC2Cc3cc(-c4nc(C)cnc4C)ccc3O2)no1. The van der Waals surface area contributed by atoms with Gasteiger partial charge in [0.05, 0.1) is 23.6 Å². The van der Waals surface area contributed by atoms with Crippen molar-refractivity contribution in [3.63, 3.8) is 0 Å². The summed E-state index contributed by atoms with van der Waals surface area (Å²) in [6.45, 7) is 6.24. The molecule has 7 nitrogen and oxygen atoms in total. The molecule has 0 radical (unpaired) electrons. The zero-order valence-electron chi connectivity index (χ0n) is 16.2. The smallest absolute Gasteiger partial charge is 0.273 e. The molecule has 0 saturated carbocycles. The first-order chi connectivity index (χ1) is 13.5. The van der Waals surface area contributed by atoms with E-state index in [1.54, 1.807) is 12.3 Å². The predicted molar refractivity (Wildman–Crippen MR) is 103 cm³/mol. The van der Waals surface area contributed by atoms with Gasteiger partial charge in [-0.1, -0.05) is 12.1 Å². The zero-order valence-corrected chi connectivity index (χ0v) is 16.2. The lowest BCUT2D eigenvalue weighted by Crippen LogP contribution is -2.34. The van der Waals surface area contributed by atoms with E-state index in [9.17, 15) is 4.79 Å². The van der Waals surface area contributed by atoms with Crippen LogP contribution in [0.25, 0.3) is 11.3 Å². The first kappa shape index (κ1) is 18.2. The number of hydrogen-bond donors (Lipinski definition) is 1. The molecule has 4 rings (SSSR count). The highest BCUT2D eigenvalue weighted by Gasteiger charge is 2.25. The Morgan fingerprint density at radius 2 is 2.14 bits per heavy atom. The van der Waals surface area contributed by atoms with Crippen LogP contribution in [0.2, 0.25) is 0 Å². The average Bonchev–Trinajstić information content (AvgIpc) is 3.34. The van der Waals surface area contributed by atoms with E-state index in [1.807, 2.05) is 32.9 Å². The van der Waals surface area contributed by atoms with Crippen LogP contribution in [0, 0.1) is 13.8 Å². The molecule has 3 aromatic rings. The Hall–Kier alpha value is -3.22. The summed E-state index contributed by atoms with van der Waals surface area (Å²) < 4.78 is 11.0. The summed E-state index contributed by atoms with van der Waals surface area (Å²) in [5, 5.41) is 6.66. The van der Waals surface area contributed by atoms with Crippen molar-refractivity contribution in [1.29, 1.82) is 0 Å². The van der Waals surface area contributed by atoms with Gasteiger partial charge in [-0.15, -0.1) is 0 Å². The molecule has 1 amide bonds. The molecule has 0 spiro atoms. The molecule has 2 aromatic heterocycles. The number of aryl methyl sites for hydroxylation is 3. The molecule has 3 heterocycles. The molecule has 1 unspecified atom stereocenters. The van der Waals surface area contributed by atoms with Crippen molar-refractivity contribution in [3.05, 3.63) is 58.9 Å². The largest absolute Gasteiger partial charge is 0.488 e.